The Morgan fingerprint density at radius 2 is 2.50 bits per heavy atom. The van der Waals surface area contributed by atoms with Gasteiger partial charge >= 0.3 is 0 Å². The highest BCUT2D eigenvalue weighted by atomic mass is 32.2. The van der Waals surface area contributed by atoms with Crippen molar-refractivity contribution in [1.82, 2.24) is 9.97 Å². The summed E-state index contributed by atoms with van der Waals surface area (Å²) in [5.41, 5.74) is 1.01. The standard InChI is InChI=1S/C8H8N2OS/c1-6(4-11)8-7(12-2)3-9-5-10-8/h3-5H,1H2,2H3. The average molecular weight is 180 g/mol. The molecule has 1 aromatic rings. The van der Waals surface area contributed by atoms with Crippen molar-refractivity contribution in [2.75, 3.05) is 6.26 Å². The Kier molecular flexibility index (Phi) is 2.99. The summed E-state index contributed by atoms with van der Waals surface area (Å²) in [6.45, 7) is 3.58. The first kappa shape index (κ1) is 8.93. The van der Waals surface area contributed by atoms with Crippen molar-refractivity contribution >= 4 is 23.6 Å². The molecule has 0 radical (unpaired) electrons. The molecule has 0 saturated carbocycles. The number of thioether (sulfide) groups is 1. The van der Waals surface area contributed by atoms with E-state index in [1.165, 1.54) is 18.1 Å². The van der Waals surface area contributed by atoms with Gasteiger partial charge in [0.15, 0.2) is 6.29 Å². The lowest BCUT2D eigenvalue weighted by Crippen LogP contribution is -1.92. The number of hydrogen-bond donors (Lipinski definition) is 0. The van der Waals surface area contributed by atoms with E-state index in [-0.39, 0.29) is 0 Å². The van der Waals surface area contributed by atoms with Crippen molar-refractivity contribution in [1.29, 1.82) is 0 Å². The topological polar surface area (TPSA) is 42.9 Å². The SMILES string of the molecule is C=C(C=O)c1ncncc1SC. The highest BCUT2D eigenvalue weighted by Crippen LogP contribution is 2.20. The Morgan fingerprint density at radius 1 is 1.75 bits per heavy atom. The normalized spacial score (nSPS) is 9.42. The van der Waals surface area contributed by atoms with Crippen LogP contribution in [0.15, 0.2) is 24.0 Å². The summed E-state index contributed by atoms with van der Waals surface area (Å²) in [5.74, 6) is 0. The number of allylic oxidation sites excluding steroid dienone is 1. The Balaban J connectivity index is 3.13. The van der Waals surface area contributed by atoms with Gasteiger partial charge in [-0.2, -0.15) is 0 Å². The van der Waals surface area contributed by atoms with Crippen molar-refractivity contribution in [3.8, 4) is 0 Å². The zero-order valence-corrected chi connectivity index (χ0v) is 7.47. The van der Waals surface area contributed by atoms with E-state index in [1.54, 1.807) is 6.20 Å². The average Bonchev–Trinajstić information content (AvgIpc) is 2.16. The number of carbonyl (C=O) groups is 1. The summed E-state index contributed by atoms with van der Waals surface area (Å²) in [4.78, 5) is 19.1. The van der Waals surface area contributed by atoms with Crippen LogP contribution in [0.5, 0.6) is 0 Å². The molecule has 0 spiro atoms. The third kappa shape index (κ3) is 1.71. The number of hydrogen-bond acceptors (Lipinski definition) is 4. The Labute approximate surface area is 74.9 Å². The molecule has 0 fully saturated rings. The molecule has 12 heavy (non-hydrogen) atoms. The van der Waals surface area contributed by atoms with E-state index < -0.39 is 0 Å². The zero-order valence-electron chi connectivity index (χ0n) is 6.65. The minimum absolute atomic E-state index is 0.391. The molecule has 0 saturated heterocycles. The van der Waals surface area contributed by atoms with Crippen molar-refractivity contribution in [2.45, 2.75) is 4.90 Å². The van der Waals surface area contributed by atoms with Gasteiger partial charge in [-0.3, -0.25) is 4.79 Å². The molecule has 62 valence electrons. The molecule has 0 atom stereocenters. The molecule has 0 aliphatic heterocycles. The summed E-state index contributed by atoms with van der Waals surface area (Å²) in [6.07, 6.45) is 5.67. The second-order valence-electron chi connectivity index (χ2n) is 2.08. The second-order valence-corrected chi connectivity index (χ2v) is 2.93. The molecule has 1 aromatic heterocycles. The highest BCUT2D eigenvalue weighted by molar-refractivity contribution is 7.98. The van der Waals surface area contributed by atoms with E-state index in [9.17, 15) is 4.79 Å². The highest BCUT2D eigenvalue weighted by Gasteiger charge is 2.04. The van der Waals surface area contributed by atoms with Crippen molar-refractivity contribution in [3.05, 3.63) is 24.8 Å². The number of aldehydes is 1. The van der Waals surface area contributed by atoms with Gasteiger partial charge in [0.1, 0.15) is 6.33 Å². The third-order valence-corrected chi connectivity index (χ3v) is 2.08. The molecule has 1 heterocycles. The number of aromatic nitrogens is 2. The molecular formula is C8H8N2OS. The molecule has 3 nitrogen and oxygen atoms in total. The van der Waals surface area contributed by atoms with Gasteiger partial charge in [-0.1, -0.05) is 6.58 Å². The fourth-order valence-corrected chi connectivity index (χ4v) is 1.31. The molecule has 0 aromatic carbocycles. The van der Waals surface area contributed by atoms with Gasteiger partial charge < -0.3 is 0 Å². The first-order valence-electron chi connectivity index (χ1n) is 3.28. The van der Waals surface area contributed by atoms with Gasteiger partial charge in [0.25, 0.3) is 0 Å². The van der Waals surface area contributed by atoms with Crippen LogP contribution >= 0.6 is 11.8 Å². The molecule has 4 heteroatoms. The number of rotatable bonds is 3. The molecule has 0 unspecified atom stereocenters. The van der Waals surface area contributed by atoms with Gasteiger partial charge in [-0.25, -0.2) is 9.97 Å². The van der Waals surface area contributed by atoms with Crippen LogP contribution in [0.2, 0.25) is 0 Å². The van der Waals surface area contributed by atoms with Crippen molar-refractivity contribution in [3.63, 3.8) is 0 Å². The first-order chi connectivity index (χ1) is 5.79. The third-order valence-electron chi connectivity index (χ3n) is 1.35. The van der Waals surface area contributed by atoms with E-state index in [1.807, 2.05) is 6.26 Å². The predicted molar refractivity (Wildman–Crippen MR) is 48.9 cm³/mol. The van der Waals surface area contributed by atoms with Crippen LogP contribution in [0.3, 0.4) is 0 Å². The van der Waals surface area contributed by atoms with Crippen LogP contribution in [0.25, 0.3) is 5.57 Å². The Hall–Kier alpha value is -1.16. The summed E-state index contributed by atoms with van der Waals surface area (Å²) in [6, 6.07) is 0. The first-order valence-corrected chi connectivity index (χ1v) is 4.50. The lowest BCUT2D eigenvalue weighted by atomic mass is 10.2. The minimum Gasteiger partial charge on any atom is -0.298 e. The van der Waals surface area contributed by atoms with Gasteiger partial charge in [-0.15, -0.1) is 11.8 Å². The predicted octanol–water partition coefficient (Wildman–Crippen LogP) is 1.41. The molecule has 1 rings (SSSR count). The van der Waals surface area contributed by atoms with E-state index in [0.717, 1.165) is 4.90 Å². The molecule has 0 N–H and O–H groups in total. The number of nitrogens with zero attached hydrogens (tertiary/aromatic N) is 2. The second kappa shape index (κ2) is 4.01. The number of carbonyl (C=O) groups excluding carboxylic acids is 1. The molecular weight excluding hydrogens is 172 g/mol. The van der Waals surface area contributed by atoms with Crippen molar-refractivity contribution in [2.24, 2.45) is 0 Å². The van der Waals surface area contributed by atoms with Gasteiger partial charge in [-0.05, 0) is 6.26 Å². The lowest BCUT2D eigenvalue weighted by molar-refractivity contribution is -0.103. The van der Waals surface area contributed by atoms with Gasteiger partial charge in [0, 0.05) is 11.8 Å². The maximum Gasteiger partial charge on any atom is 0.151 e. The fourth-order valence-electron chi connectivity index (χ4n) is 0.763. The largest absolute Gasteiger partial charge is 0.298 e. The van der Waals surface area contributed by atoms with E-state index >= 15 is 0 Å². The lowest BCUT2D eigenvalue weighted by Gasteiger charge is -2.01. The van der Waals surface area contributed by atoms with E-state index in [4.69, 9.17) is 0 Å². The van der Waals surface area contributed by atoms with Crippen LogP contribution in [0.1, 0.15) is 5.69 Å². The van der Waals surface area contributed by atoms with Gasteiger partial charge in [0.2, 0.25) is 0 Å². The summed E-state index contributed by atoms with van der Waals surface area (Å²) < 4.78 is 0. The zero-order chi connectivity index (χ0) is 8.97. The summed E-state index contributed by atoms with van der Waals surface area (Å²) >= 11 is 1.49. The molecule has 0 aliphatic carbocycles. The maximum atomic E-state index is 10.4. The van der Waals surface area contributed by atoms with Crippen LogP contribution < -0.4 is 0 Å². The quantitative estimate of drug-likeness (QED) is 0.401. The molecule has 0 aliphatic rings. The van der Waals surface area contributed by atoms with Crippen molar-refractivity contribution < 1.29 is 4.79 Å². The monoisotopic (exact) mass is 180 g/mol. The fraction of sp³-hybridized carbons (Fsp3) is 0.125. The Bertz CT molecular complexity index is 312. The van der Waals surface area contributed by atoms with Crippen LogP contribution in [0, 0.1) is 0 Å². The minimum atomic E-state index is 0.391. The summed E-state index contributed by atoms with van der Waals surface area (Å²) in [7, 11) is 0. The Morgan fingerprint density at radius 3 is 3.08 bits per heavy atom. The smallest absolute Gasteiger partial charge is 0.151 e. The van der Waals surface area contributed by atoms with E-state index in [2.05, 4.69) is 16.5 Å². The van der Waals surface area contributed by atoms with Crippen LogP contribution in [0.4, 0.5) is 0 Å². The maximum absolute atomic E-state index is 10.4. The van der Waals surface area contributed by atoms with Crippen LogP contribution in [-0.4, -0.2) is 22.5 Å². The molecule has 0 amide bonds. The molecule has 0 bridgehead atoms. The summed E-state index contributed by atoms with van der Waals surface area (Å²) in [5, 5.41) is 0. The van der Waals surface area contributed by atoms with Crippen LogP contribution in [-0.2, 0) is 4.79 Å². The van der Waals surface area contributed by atoms with E-state index in [0.29, 0.717) is 17.6 Å². The van der Waals surface area contributed by atoms with Gasteiger partial charge in [0.05, 0.1) is 10.6 Å².